The molecule has 6 heteroatoms. The van der Waals surface area contributed by atoms with E-state index in [0.29, 0.717) is 12.3 Å². The van der Waals surface area contributed by atoms with Crippen LogP contribution >= 0.6 is 0 Å². The van der Waals surface area contributed by atoms with Crippen molar-refractivity contribution in [2.75, 3.05) is 52.2 Å². The summed E-state index contributed by atoms with van der Waals surface area (Å²) in [5.41, 5.74) is 13.6. The van der Waals surface area contributed by atoms with Gasteiger partial charge in [-0.2, -0.15) is 0 Å². The van der Waals surface area contributed by atoms with Gasteiger partial charge < -0.3 is 20.9 Å². The summed E-state index contributed by atoms with van der Waals surface area (Å²) >= 11 is 0. The smallest absolute Gasteiger partial charge is 0.128 e. The zero-order chi connectivity index (χ0) is 15.8. The zero-order valence-electron chi connectivity index (χ0n) is 13.0. The molecule has 1 aliphatic heterocycles. The van der Waals surface area contributed by atoms with Gasteiger partial charge in [-0.25, -0.2) is 0 Å². The fourth-order valence-corrected chi connectivity index (χ4v) is 2.36. The Labute approximate surface area is 131 Å². The predicted octanol–water partition coefficient (Wildman–Crippen LogP) is 0.871. The van der Waals surface area contributed by atoms with E-state index in [1.807, 2.05) is 18.2 Å². The monoisotopic (exact) mass is 304 g/mol. The number of allylic oxidation sites excluding steroid dienone is 1. The Morgan fingerprint density at radius 1 is 1.41 bits per heavy atom. The van der Waals surface area contributed by atoms with Crippen LogP contribution in [0.5, 0.6) is 5.75 Å². The van der Waals surface area contributed by atoms with Crippen molar-refractivity contribution in [2.24, 2.45) is 10.7 Å². The lowest BCUT2D eigenvalue weighted by molar-refractivity contribution is 0.0322. The summed E-state index contributed by atoms with van der Waals surface area (Å²) in [6.07, 6.45) is 3.20. The van der Waals surface area contributed by atoms with E-state index in [4.69, 9.17) is 20.9 Å². The average molecular weight is 304 g/mol. The third kappa shape index (κ3) is 4.47. The van der Waals surface area contributed by atoms with Crippen molar-refractivity contribution in [1.82, 2.24) is 4.90 Å². The van der Waals surface area contributed by atoms with Crippen LogP contribution in [0.4, 0.5) is 5.69 Å². The molecule has 2 rings (SSSR count). The van der Waals surface area contributed by atoms with E-state index >= 15 is 0 Å². The van der Waals surface area contributed by atoms with Gasteiger partial charge in [0.1, 0.15) is 12.4 Å². The number of hydrogen-bond acceptors (Lipinski definition) is 6. The number of rotatable bonds is 6. The van der Waals surface area contributed by atoms with E-state index in [1.165, 1.54) is 6.20 Å². The predicted molar refractivity (Wildman–Crippen MR) is 89.4 cm³/mol. The Bertz CT molecular complexity index is 537. The Hall–Kier alpha value is -2.05. The van der Waals surface area contributed by atoms with E-state index in [1.54, 1.807) is 13.1 Å². The van der Waals surface area contributed by atoms with E-state index in [2.05, 4.69) is 9.89 Å². The van der Waals surface area contributed by atoms with Crippen LogP contribution in [0.1, 0.15) is 5.56 Å². The molecule has 0 amide bonds. The lowest BCUT2D eigenvalue weighted by atomic mass is 10.1. The molecule has 120 valence electrons. The third-order valence-electron chi connectivity index (χ3n) is 3.54. The van der Waals surface area contributed by atoms with Crippen molar-refractivity contribution >= 4 is 11.4 Å². The molecule has 4 N–H and O–H groups in total. The quantitative estimate of drug-likeness (QED) is 0.601. The first-order valence-corrected chi connectivity index (χ1v) is 7.42. The molecule has 1 saturated heterocycles. The summed E-state index contributed by atoms with van der Waals surface area (Å²) in [6.45, 7) is 4.98. The molecule has 0 unspecified atom stereocenters. The number of nitrogens with two attached hydrogens (primary N) is 2. The van der Waals surface area contributed by atoms with Crippen molar-refractivity contribution in [3.8, 4) is 5.75 Å². The SMILES string of the molecule is CN=C(C=CN)c1cc(N)ccc1OCCN1CCOCC1. The van der Waals surface area contributed by atoms with Gasteiger partial charge in [-0.3, -0.25) is 9.89 Å². The Balaban J connectivity index is 2.03. The first kappa shape index (κ1) is 16.3. The van der Waals surface area contributed by atoms with Crippen LogP contribution in [-0.2, 0) is 4.74 Å². The molecule has 0 radical (unpaired) electrons. The maximum atomic E-state index is 5.93. The second-order valence-electron chi connectivity index (χ2n) is 5.03. The minimum Gasteiger partial charge on any atom is -0.492 e. The molecule has 0 aromatic heterocycles. The zero-order valence-corrected chi connectivity index (χ0v) is 13.0. The maximum absolute atomic E-state index is 5.93. The van der Waals surface area contributed by atoms with Gasteiger partial charge in [-0.05, 0) is 30.5 Å². The molecule has 0 spiro atoms. The standard InChI is InChI=1S/C16H24N4O2/c1-19-15(4-5-17)14-12-13(18)2-3-16(14)22-11-8-20-6-9-21-10-7-20/h2-5,12H,6-11,17-18H2,1H3. The van der Waals surface area contributed by atoms with Gasteiger partial charge in [0.2, 0.25) is 0 Å². The lowest BCUT2D eigenvalue weighted by Gasteiger charge is -2.26. The number of nitrogens with zero attached hydrogens (tertiary/aromatic N) is 2. The Kier molecular flexibility index (Phi) is 6.24. The minimum absolute atomic E-state index is 0.611. The highest BCUT2D eigenvalue weighted by atomic mass is 16.5. The normalized spacial score (nSPS) is 17.0. The molecule has 0 bridgehead atoms. The van der Waals surface area contributed by atoms with Gasteiger partial charge in [0.25, 0.3) is 0 Å². The lowest BCUT2D eigenvalue weighted by Crippen LogP contribution is -2.38. The number of anilines is 1. The highest BCUT2D eigenvalue weighted by Crippen LogP contribution is 2.23. The Morgan fingerprint density at radius 2 is 2.18 bits per heavy atom. The van der Waals surface area contributed by atoms with Crippen molar-refractivity contribution in [3.63, 3.8) is 0 Å². The van der Waals surface area contributed by atoms with Crippen molar-refractivity contribution in [2.45, 2.75) is 0 Å². The molecule has 0 saturated carbocycles. The van der Waals surface area contributed by atoms with Crippen molar-refractivity contribution < 1.29 is 9.47 Å². The number of nitrogen functional groups attached to an aromatic ring is 1. The number of morpholine rings is 1. The van der Waals surface area contributed by atoms with Gasteiger partial charge in [-0.1, -0.05) is 0 Å². The van der Waals surface area contributed by atoms with Gasteiger partial charge >= 0.3 is 0 Å². The first-order valence-electron chi connectivity index (χ1n) is 7.42. The van der Waals surface area contributed by atoms with E-state index in [9.17, 15) is 0 Å². The second-order valence-corrected chi connectivity index (χ2v) is 5.03. The summed E-state index contributed by atoms with van der Waals surface area (Å²) in [5.74, 6) is 0.765. The number of benzene rings is 1. The molecule has 0 atom stereocenters. The summed E-state index contributed by atoms with van der Waals surface area (Å²) in [5, 5.41) is 0. The fourth-order valence-electron chi connectivity index (χ4n) is 2.36. The van der Waals surface area contributed by atoms with Crippen LogP contribution in [0.15, 0.2) is 35.5 Å². The molecule has 1 fully saturated rings. The molecular formula is C16H24N4O2. The van der Waals surface area contributed by atoms with E-state index < -0.39 is 0 Å². The Morgan fingerprint density at radius 3 is 2.86 bits per heavy atom. The highest BCUT2D eigenvalue weighted by molar-refractivity contribution is 6.10. The van der Waals surface area contributed by atoms with Crippen molar-refractivity contribution in [1.29, 1.82) is 0 Å². The van der Waals surface area contributed by atoms with Crippen LogP contribution < -0.4 is 16.2 Å². The van der Waals surface area contributed by atoms with Gasteiger partial charge in [0.05, 0.1) is 18.9 Å². The summed E-state index contributed by atoms with van der Waals surface area (Å²) < 4.78 is 11.3. The average Bonchev–Trinajstić information content (AvgIpc) is 2.55. The minimum atomic E-state index is 0.611. The fraction of sp³-hybridized carbons (Fsp3) is 0.438. The molecular weight excluding hydrogens is 280 g/mol. The maximum Gasteiger partial charge on any atom is 0.128 e. The topological polar surface area (TPSA) is 86.1 Å². The molecule has 22 heavy (non-hydrogen) atoms. The number of aliphatic imine (C=N–C) groups is 1. The van der Waals surface area contributed by atoms with E-state index in [-0.39, 0.29) is 0 Å². The third-order valence-corrected chi connectivity index (χ3v) is 3.54. The van der Waals surface area contributed by atoms with Crippen LogP contribution in [0.2, 0.25) is 0 Å². The summed E-state index contributed by atoms with van der Waals surface area (Å²) in [4.78, 5) is 6.56. The highest BCUT2D eigenvalue weighted by Gasteiger charge is 2.12. The van der Waals surface area contributed by atoms with Gasteiger partial charge in [0.15, 0.2) is 0 Å². The molecule has 6 nitrogen and oxygen atoms in total. The largest absolute Gasteiger partial charge is 0.492 e. The van der Waals surface area contributed by atoms with Gasteiger partial charge in [0, 0.05) is 37.9 Å². The second kappa shape index (κ2) is 8.41. The molecule has 1 aromatic carbocycles. The van der Waals surface area contributed by atoms with Crippen molar-refractivity contribution in [3.05, 3.63) is 36.0 Å². The first-order chi connectivity index (χ1) is 10.7. The van der Waals surface area contributed by atoms with Gasteiger partial charge in [-0.15, -0.1) is 0 Å². The molecule has 1 aliphatic rings. The van der Waals surface area contributed by atoms with Crippen LogP contribution in [0, 0.1) is 0 Å². The molecule has 1 heterocycles. The van der Waals surface area contributed by atoms with Crippen LogP contribution in [0.25, 0.3) is 0 Å². The molecule has 1 aromatic rings. The van der Waals surface area contributed by atoms with E-state index in [0.717, 1.165) is 49.9 Å². The number of ether oxygens (including phenoxy) is 2. The summed E-state index contributed by atoms with van der Waals surface area (Å²) in [7, 11) is 1.72. The van der Waals surface area contributed by atoms with Crippen LogP contribution in [0.3, 0.4) is 0 Å². The summed E-state index contributed by atoms with van der Waals surface area (Å²) in [6, 6.07) is 5.55. The molecule has 0 aliphatic carbocycles. The number of hydrogen-bond donors (Lipinski definition) is 2. The van der Waals surface area contributed by atoms with Crippen LogP contribution in [-0.4, -0.2) is 57.1 Å².